The van der Waals surface area contributed by atoms with Crippen LogP contribution < -0.4 is 5.63 Å². The summed E-state index contributed by atoms with van der Waals surface area (Å²) in [5.74, 6) is 0.357. The van der Waals surface area contributed by atoms with Gasteiger partial charge < -0.3 is 14.3 Å². The van der Waals surface area contributed by atoms with Crippen molar-refractivity contribution in [3.8, 4) is 5.75 Å². The molecular weight excluding hydrogens is 382 g/mol. The van der Waals surface area contributed by atoms with Crippen LogP contribution in [-0.2, 0) is 27.5 Å². The molecule has 0 radical (unpaired) electrons. The second-order valence-electron chi connectivity index (χ2n) is 7.36. The molecule has 8 heteroatoms. The summed E-state index contributed by atoms with van der Waals surface area (Å²) in [4.78, 5) is 14.0. The molecule has 1 aromatic carbocycles. The number of aryl methyl sites for hydroxylation is 2. The number of methoxy groups -OCH3 is 1. The molecule has 1 aromatic heterocycles. The van der Waals surface area contributed by atoms with E-state index in [0.717, 1.165) is 16.5 Å². The predicted octanol–water partition coefficient (Wildman–Crippen LogP) is 2.00. The highest BCUT2D eigenvalue weighted by Crippen LogP contribution is 2.34. The van der Waals surface area contributed by atoms with Crippen LogP contribution in [0, 0.1) is 6.92 Å². The number of hydrogen-bond acceptors (Lipinski definition) is 7. The van der Waals surface area contributed by atoms with Crippen LogP contribution in [0.2, 0.25) is 0 Å². The van der Waals surface area contributed by atoms with Crippen LogP contribution in [0.25, 0.3) is 11.0 Å². The molecule has 0 bridgehead atoms. The van der Waals surface area contributed by atoms with Gasteiger partial charge in [-0.2, -0.15) is 0 Å². The zero-order valence-electron chi connectivity index (χ0n) is 16.5. The molecule has 0 aliphatic carbocycles. The second-order valence-corrected chi connectivity index (χ2v) is 9.59. The van der Waals surface area contributed by atoms with Crippen LogP contribution in [0.1, 0.15) is 30.0 Å². The Morgan fingerprint density at radius 3 is 2.71 bits per heavy atom. The first-order valence-corrected chi connectivity index (χ1v) is 11.3. The number of aromatic hydroxyl groups is 1. The molecule has 1 atom stereocenters. The van der Waals surface area contributed by atoms with Gasteiger partial charge in [0.25, 0.3) is 0 Å². The minimum absolute atomic E-state index is 0.0891. The van der Waals surface area contributed by atoms with E-state index in [2.05, 4.69) is 0 Å². The van der Waals surface area contributed by atoms with Gasteiger partial charge in [-0.3, -0.25) is 4.90 Å². The quantitative estimate of drug-likeness (QED) is 0.699. The van der Waals surface area contributed by atoms with Gasteiger partial charge in [0.2, 0.25) is 0 Å². The first-order chi connectivity index (χ1) is 13.3. The van der Waals surface area contributed by atoms with Gasteiger partial charge in [-0.1, -0.05) is 6.92 Å². The molecule has 28 heavy (non-hydrogen) atoms. The van der Waals surface area contributed by atoms with Crippen molar-refractivity contribution in [3.63, 3.8) is 0 Å². The fraction of sp³-hybridized carbons (Fsp3) is 0.550. The lowest BCUT2D eigenvalue weighted by Gasteiger charge is -2.28. The first-order valence-electron chi connectivity index (χ1n) is 9.47. The van der Waals surface area contributed by atoms with E-state index in [1.807, 2.05) is 24.8 Å². The van der Waals surface area contributed by atoms with E-state index in [1.165, 1.54) is 6.07 Å². The summed E-state index contributed by atoms with van der Waals surface area (Å²) in [5.41, 5.74) is 1.97. The molecule has 0 unspecified atom stereocenters. The van der Waals surface area contributed by atoms with Crippen LogP contribution >= 0.6 is 0 Å². The van der Waals surface area contributed by atoms with Crippen molar-refractivity contribution in [2.45, 2.75) is 39.3 Å². The average molecular weight is 410 g/mol. The van der Waals surface area contributed by atoms with Crippen LogP contribution in [0.5, 0.6) is 5.75 Å². The summed E-state index contributed by atoms with van der Waals surface area (Å²) >= 11 is 0. The summed E-state index contributed by atoms with van der Waals surface area (Å²) in [5, 5.41) is 11.6. The fourth-order valence-corrected chi connectivity index (χ4v) is 5.61. The summed E-state index contributed by atoms with van der Waals surface area (Å²) in [7, 11) is -1.46. The zero-order chi connectivity index (χ0) is 20.5. The van der Waals surface area contributed by atoms with Gasteiger partial charge in [-0.05, 0) is 37.0 Å². The van der Waals surface area contributed by atoms with Gasteiger partial charge in [0.1, 0.15) is 11.3 Å². The van der Waals surface area contributed by atoms with E-state index < -0.39 is 15.5 Å². The number of phenolic OH excluding ortho intramolecular Hbond substituents is 1. The molecule has 1 aliphatic rings. The standard InChI is InChI=1S/C20H27NO6S/c1-4-14-10-16-13(2)9-18(22)27-20(16)17(19(14)23)11-21(6-7-26-3)15-5-8-28(24,25)12-15/h9-10,15,23H,4-8,11-12H2,1-3H3/t15-/m0/s1. The van der Waals surface area contributed by atoms with Gasteiger partial charge in [0.05, 0.1) is 23.7 Å². The number of benzene rings is 1. The van der Waals surface area contributed by atoms with E-state index in [9.17, 15) is 18.3 Å². The maximum absolute atomic E-state index is 12.0. The number of rotatable bonds is 7. The summed E-state index contributed by atoms with van der Waals surface area (Å²) in [6.45, 7) is 5.03. The van der Waals surface area contributed by atoms with Gasteiger partial charge >= 0.3 is 5.63 Å². The number of nitrogens with zero attached hydrogens (tertiary/aromatic N) is 1. The van der Waals surface area contributed by atoms with E-state index in [4.69, 9.17) is 9.15 Å². The Kier molecular flexibility index (Phi) is 6.12. The van der Waals surface area contributed by atoms with Crippen molar-refractivity contribution >= 4 is 20.8 Å². The van der Waals surface area contributed by atoms with Crippen LogP contribution in [0.4, 0.5) is 0 Å². The Bertz CT molecular complexity index is 1030. The number of sulfone groups is 1. The lowest BCUT2D eigenvalue weighted by Crippen LogP contribution is -2.38. The fourth-order valence-electron chi connectivity index (χ4n) is 3.85. The normalized spacial score (nSPS) is 18.9. The van der Waals surface area contributed by atoms with Gasteiger partial charge in [-0.15, -0.1) is 0 Å². The molecular formula is C20H27NO6S. The monoisotopic (exact) mass is 409 g/mol. The Balaban J connectivity index is 2.09. The maximum atomic E-state index is 12.0. The molecule has 2 aromatic rings. The Hall–Kier alpha value is -1.90. The predicted molar refractivity (Wildman–Crippen MR) is 108 cm³/mol. The number of hydrogen-bond donors (Lipinski definition) is 1. The molecule has 1 aliphatic heterocycles. The average Bonchev–Trinajstić information content (AvgIpc) is 3.00. The van der Waals surface area contributed by atoms with Crippen LogP contribution in [-0.4, -0.2) is 56.2 Å². The van der Waals surface area contributed by atoms with Gasteiger partial charge in [-0.25, -0.2) is 13.2 Å². The minimum atomic E-state index is -3.06. The number of phenols is 1. The third-order valence-corrected chi connectivity index (χ3v) is 7.19. The smallest absolute Gasteiger partial charge is 0.336 e. The topological polar surface area (TPSA) is 97.1 Å². The van der Waals surface area contributed by atoms with E-state index in [0.29, 0.717) is 37.1 Å². The Labute approximate surface area is 164 Å². The summed E-state index contributed by atoms with van der Waals surface area (Å²) in [6, 6.07) is 3.14. The minimum Gasteiger partial charge on any atom is -0.507 e. The van der Waals surface area contributed by atoms with E-state index in [1.54, 1.807) is 7.11 Å². The maximum Gasteiger partial charge on any atom is 0.336 e. The summed E-state index contributed by atoms with van der Waals surface area (Å²) in [6.07, 6.45) is 1.17. The van der Waals surface area contributed by atoms with E-state index >= 15 is 0 Å². The Morgan fingerprint density at radius 1 is 1.36 bits per heavy atom. The van der Waals surface area contributed by atoms with Crippen LogP contribution in [0.15, 0.2) is 21.3 Å². The highest BCUT2D eigenvalue weighted by atomic mass is 32.2. The largest absolute Gasteiger partial charge is 0.507 e. The van der Waals surface area contributed by atoms with Crippen LogP contribution in [0.3, 0.4) is 0 Å². The second kappa shape index (κ2) is 8.23. The van der Waals surface area contributed by atoms with Crippen molar-refractivity contribution in [3.05, 3.63) is 39.2 Å². The molecule has 154 valence electrons. The SMILES string of the molecule is CCc1cc2c(C)cc(=O)oc2c(CN(CCOC)[C@H]2CCS(=O)(=O)C2)c1O. The molecule has 3 rings (SSSR count). The van der Waals surface area contributed by atoms with Crippen molar-refractivity contribution in [1.82, 2.24) is 4.90 Å². The van der Waals surface area contributed by atoms with E-state index in [-0.39, 0.29) is 29.8 Å². The third-order valence-electron chi connectivity index (χ3n) is 5.44. The van der Waals surface area contributed by atoms with Crippen molar-refractivity contribution < 1.29 is 22.7 Å². The number of ether oxygens (including phenoxy) is 1. The lowest BCUT2D eigenvalue weighted by atomic mass is 9.99. The molecule has 2 heterocycles. The molecule has 1 N–H and O–H groups in total. The molecule has 7 nitrogen and oxygen atoms in total. The first kappa shape index (κ1) is 20.8. The molecule has 0 saturated carbocycles. The highest BCUT2D eigenvalue weighted by molar-refractivity contribution is 7.91. The lowest BCUT2D eigenvalue weighted by molar-refractivity contribution is 0.121. The number of fused-ring (bicyclic) bond motifs is 1. The molecule has 0 spiro atoms. The van der Waals surface area contributed by atoms with Gasteiger partial charge in [0, 0.05) is 37.7 Å². The molecule has 1 fully saturated rings. The third kappa shape index (κ3) is 4.24. The van der Waals surface area contributed by atoms with Crippen molar-refractivity contribution in [1.29, 1.82) is 0 Å². The highest BCUT2D eigenvalue weighted by Gasteiger charge is 2.33. The van der Waals surface area contributed by atoms with Crippen molar-refractivity contribution in [2.24, 2.45) is 0 Å². The molecule has 1 saturated heterocycles. The zero-order valence-corrected chi connectivity index (χ0v) is 17.3. The van der Waals surface area contributed by atoms with Crippen molar-refractivity contribution in [2.75, 3.05) is 31.8 Å². The molecule has 0 amide bonds. The summed E-state index contributed by atoms with van der Waals surface area (Å²) < 4.78 is 34.6. The Morgan fingerprint density at radius 2 is 2.11 bits per heavy atom. The van der Waals surface area contributed by atoms with Gasteiger partial charge in [0.15, 0.2) is 9.84 Å².